The maximum Gasteiger partial charge on any atom is 0.305 e. The van der Waals surface area contributed by atoms with E-state index in [1.807, 2.05) is 13.8 Å². The Morgan fingerprint density at radius 2 is 1.62 bits per heavy atom. The van der Waals surface area contributed by atoms with Crippen LogP contribution >= 0.6 is 11.8 Å². The lowest BCUT2D eigenvalue weighted by Gasteiger charge is -2.25. The van der Waals surface area contributed by atoms with Gasteiger partial charge in [0.1, 0.15) is 5.78 Å². The highest BCUT2D eigenvalue weighted by atomic mass is 32.2. The molecule has 0 bridgehead atoms. The molecule has 1 aliphatic heterocycles. The summed E-state index contributed by atoms with van der Waals surface area (Å²) < 4.78 is 0. The zero-order valence-electron chi connectivity index (χ0n) is 12.4. The quantitative estimate of drug-likeness (QED) is 0.807. The smallest absolute Gasteiger partial charge is 0.305 e. The molecule has 0 aliphatic carbocycles. The minimum atomic E-state index is -0.919. The van der Waals surface area contributed by atoms with Gasteiger partial charge in [-0.3, -0.25) is 9.59 Å². The van der Waals surface area contributed by atoms with Crippen LogP contribution in [0.5, 0.6) is 0 Å². The molecule has 21 heavy (non-hydrogen) atoms. The zero-order valence-corrected chi connectivity index (χ0v) is 13.2. The minimum Gasteiger partial charge on any atom is -0.481 e. The molecule has 0 aromatic rings. The molecule has 1 amide bonds. The standard InChI is InChI=1S/C8H13NO3S.C3H6O.CH5N.2CH4/c1-8(2)9(3)7(12)5(13-8)4-6(10)11;1-3(2)4;1-2;;/h5H,4H2,1-3H3,(H,10,11);1-2H3;2H2,1H3;2*1H4. The van der Waals surface area contributed by atoms with Crippen molar-refractivity contribution in [3.63, 3.8) is 0 Å². The summed E-state index contributed by atoms with van der Waals surface area (Å²) in [5.74, 6) is -0.839. The first-order valence-electron chi connectivity index (χ1n) is 5.80. The van der Waals surface area contributed by atoms with Crippen molar-refractivity contribution in [1.82, 2.24) is 4.90 Å². The number of hydrogen-bond acceptors (Lipinski definition) is 5. The van der Waals surface area contributed by atoms with Crippen LogP contribution in [0.15, 0.2) is 0 Å². The van der Waals surface area contributed by atoms with Crippen molar-refractivity contribution >= 4 is 29.4 Å². The van der Waals surface area contributed by atoms with Crippen LogP contribution in [0.2, 0.25) is 0 Å². The summed E-state index contributed by atoms with van der Waals surface area (Å²) in [6.45, 7) is 6.88. The van der Waals surface area contributed by atoms with Gasteiger partial charge in [0.2, 0.25) is 5.91 Å². The van der Waals surface area contributed by atoms with Crippen molar-refractivity contribution in [3.05, 3.63) is 0 Å². The van der Waals surface area contributed by atoms with Crippen molar-refractivity contribution < 1.29 is 19.5 Å². The van der Waals surface area contributed by atoms with E-state index in [1.54, 1.807) is 11.9 Å². The van der Waals surface area contributed by atoms with E-state index in [0.717, 1.165) is 0 Å². The Morgan fingerprint density at radius 3 is 1.81 bits per heavy atom. The van der Waals surface area contributed by atoms with Crippen LogP contribution < -0.4 is 5.73 Å². The van der Waals surface area contributed by atoms with E-state index in [-0.39, 0.29) is 37.8 Å². The normalized spacial score (nSPS) is 18.0. The molecule has 1 heterocycles. The number of nitrogens with zero attached hydrogens (tertiary/aromatic N) is 1. The van der Waals surface area contributed by atoms with E-state index < -0.39 is 11.2 Å². The van der Waals surface area contributed by atoms with E-state index in [1.165, 1.54) is 32.7 Å². The van der Waals surface area contributed by atoms with Gasteiger partial charge in [0, 0.05) is 7.05 Å². The number of rotatable bonds is 2. The molecule has 1 saturated heterocycles. The lowest BCUT2D eigenvalue weighted by atomic mass is 10.2. The highest BCUT2D eigenvalue weighted by Gasteiger charge is 2.44. The van der Waals surface area contributed by atoms with Crippen LogP contribution in [0.4, 0.5) is 0 Å². The fourth-order valence-electron chi connectivity index (χ4n) is 1.25. The molecule has 7 heteroatoms. The summed E-state index contributed by atoms with van der Waals surface area (Å²) >= 11 is 1.41. The Bertz CT molecular complexity index is 329. The number of Topliss-reactive ketones (excluding diaryl/α,β-unsaturated/α-hetero) is 1. The largest absolute Gasteiger partial charge is 0.481 e. The number of carbonyl (C=O) groups excluding carboxylic acids is 2. The Kier molecular flexibility index (Phi) is 16.9. The molecule has 0 aromatic heterocycles. The predicted octanol–water partition coefficient (Wildman–Crippen LogP) is 2.21. The highest BCUT2D eigenvalue weighted by Crippen LogP contribution is 2.40. The molecule has 6 nitrogen and oxygen atoms in total. The minimum absolute atomic E-state index is 0. The van der Waals surface area contributed by atoms with E-state index in [4.69, 9.17) is 5.11 Å². The molecule has 1 fully saturated rings. The van der Waals surface area contributed by atoms with Crippen LogP contribution in [-0.2, 0) is 14.4 Å². The fourth-order valence-corrected chi connectivity index (χ4v) is 2.68. The summed E-state index contributed by atoms with van der Waals surface area (Å²) in [7, 11) is 3.21. The Morgan fingerprint density at radius 1 is 1.29 bits per heavy atom. The van der Waals surface area contributed by atoms with Gasteiger partial charge in [0.15, 0.2) is 0 Å². The van der Waals surface area contributed by atoms with E-state index >= 15 is 0 Å². The van der Waals surface area contributed by atoms with Crippen molar-refractivity contribution in [1.29, 1.82) is 0 Å². The third kappa shape index (κ3) is 11.3. The van der Waals surface area contributed by atoms with Gasteiger partial charge in [-0.15, -0.1) is 11.8 Å². The number of carboxylic acids is 1. The van der Waals surface area contributed by atoms with Crippen molar-refractivity contribution in [2.75, 3.05) is 14.1 Å². The molecule has 1 rings (SSSR count). The number of aliphatic carboxylic acids is 1. The first kappa shape index (κ1) is 28.1. The molecule has 0 radical (unpaired) electrons. The van der Waals surface area contributed by atoms with Crippen LogP contribution in [0.1, 0.15) is 49.0 Å². The first-order valence-corrected chi connectivity index (χ1v) is 6.68. The molecule has 0 saturated carbocycles. The number of nitrogens with two attached hydrogens (primary N) is 1. The zero-order chi connectivity index (χ0) is 15.8. The summed E-state index contributed by atoms with van der Waals surface area (Å²) in [6, 6.07) is 0. The van der Waals surface area contributed by atoms with E-state index in [9.17, 15) is 14.4 Å². The summed E-state index contributed by atoms with van der Waals surface area (Å²) in [4.78, 5) is 32.7. The molecular formula is C14H32N2O4S. The van der Waals surface area contributed by atoms with Gasteiger partial charge in [-0.2, -0.15) is 0 Å². The number of carbonyl (C=O) groups is 3. The van der Waals surface area contributed by atoms with Crippen molar-refractivity contribution in [2.45, 2.75) is 59.1 Å². The molecule has 128 valence electrons. The number of ketones is 1. The van der Waals surface area contributed by atoms with Crippen molar-refractivity contribution in [2.24, 2.45) is 5.73 Å². The summed E-state index contributed by atoms with van der Waals surface area (Å²) in [5.41, 5.74) is 4.50. The number of hydrogen-bond donors (Lipinski definition) is 2. The third-order valence-electron chi connectivity index (χ3n) is 2.20. The predicted molar refractivity (Wildman–Crippen MR) is 90.4 cm³/mol. The van der Waals surface area contributed by atoms with Gasteiger partial charge in [0.05, 0.1) is 16.5 Å². The topological polar surface area (TPSA) is 101 Å². The Hall–Kier alpha value is -1.08. The second-order valence-electron chi connectivity index (χ2n) is 4.46. The molecule has 1 atom stereocenters. The molecule has 3 N–H and O–H groups in total. The number of amides is 1. The lowest BCUT2D eigenvalue weighted by molar-refractivity contribution is -0.140. The van der Waals surface area contributed by atoms with Gasteiger partial charge in [-0.05, 0) is 34.7 Å². The van der Waals surface area contributed by atoms with Gasteiger partial charge in [-0.25, -0.2) is 0 Å². The first-order chi connectivity index (χ1) is 8.58. The van der Waals surface area contributed by atoms with Crippen LogP contribution in [0.25, 0.3) is 0 Å². The summed E-state index contributed by atoms with van der Waals surface area (Å²) in [5, 5.41) is 8.15. The molecule has 0 spiro atoms. The van der Waals surface area contributed by atoms with Crippen LogP contribution in [0.3, 0.4) is 0 Å². The van der Waals surface area contributed by atoms with Crippen LogP contribution in [0, 0.1) is 0 Å². The van der Waals surface area contributed by atoms with Gasteiger partial charge < -0.3 is 20.5 Å². The second-order valence-corrected chi connectivity index (χ2v) is 6.26. The highest BCUT2D eigenvalue weighted by molar-refractivity contribution is 8.02. The SMILES string of the molecule is C.C.CC(C)=O.CN.CN1C(=O)C(CC(=O)O)SC1(C)C. The molecule has 1 unspecified atom stereocenters. The molecule has 1 aliphatic rings. The molecular weight excluding hydrogens is 292 g/mol. The third-order valence-corrected chi connectivity index (χ3v) is 3.71. The molecule has 0 aromatic carbocycles. The van der Waals surface area contributed by atoms with Crippen molar-refractivity contribution in [3.8, 4) is 0 Å². The van der Waals surface area contributed by atoms with E-state index in [2.05, 4.69) is 5.73 Å². The Labute approximate surface area is 133 Å². The van der Waals surface area contributed by atoms with E-state index in [0.29, 0.717) is 0 Å². The Balaban J connectivity index is -0.000000158. The van der Waals surface area contributed by atoms with Gasteiger partial charge in [0.25, 0.3) is 0 Å². The average molecular weight is 324 g/mol. The average Bonchev–Trinajstić information content (AvgIpc) is 2.44. The number of thioether (sulfide) groups is 1. The monoisotopic (exact) mass is 324 g/mol. The lowest BCUT2D eigenvalue weighted by Crippen LogP contribution is -2.36. The van der Waals surface area contributed by atoms with Crippen LogP contribution in [-0.4, -0.2) is 51.9 Å². The van der Waals surface area contributed by atoms with Gasteiger partial charge in [-0.1, -0.05) is 14.9 Å². The maximum absolute atomic E-state index is 11.5. The number of carboxylic acid groups (broad SMARTS) is 1. The fraction of sp³-hybridized carbons (Fsp3) is 0.786. The van der Waals surface area contributed by atoms with Gasteiger partial charge >= 0.3 is 5.97 Å². The maximum atomic E-state index is 11.5. The second kappa shape index (κ2) is 12.6. The summed E-state index contributed by atoms with van der Waals surface area (Å²) in [6.07, 6.45) is -0.0860.